The van der Waals surface area contributed by atoms with Crippen LogP contribution in [0.3, 0.4) is 0 Å². The van der Waals surface area contributed by atoms with Crippen LogP contribution in [0.5, 0.6) is 0 Å². The highest BCUT2D eigenvalue weighted by atomic mass is 16.5. The normalized spacial score (nSPS) is 26.4. The summed E-state index contributed by atoms with van der Waals surface area (Å²) >= 11 is 0. The molecular weight excluding hydrogens is 246 g/mol. The second-order valence-corrected chi connectivity index (χ2v) is 5.83. The summed E-state index contributed by atoms with van der Waals surface area (Å²) < 4.78 is 7.05. The number of quaternary nitrogens is 1. The molecule has 3 rings (SSSR count). The van der Waals surface area contributed by atoms with Crippen molar-refractivity contribution in [3.05, 3.63) is 71.8 Å². The molecule has 0 radical (unpaired) electrons. The van der Waals surface area contributed by atoms with Gasteiger partial charge in [0.15, 0.2) is 0 Å². The van der Waals surface area contributed by atoms with Crippen molar-refractivity contribution in [1.82, 2.24) is 0 Å². The van der Waals surface area contributed by atoms with Crippen LogP contribution in [0.2, 0.25) is 0 Å². The first kappa shape index (κ1) is 13.3. The van der Waals surface area contributed by atoms with Crippen molar-refractivity contribution in [2.24, 2.45) is 0 Å². The van der Waals surface area contributed by atoms with Gasteiger partial charge in [0.1, 0.15) is 6.54 Å². The summed E-state index contributed by atoms with van der Waals surface area (Å²) in [5.41, 5.74) is 2.66. The molecule has 0 N–H and O–H groups in total. The highest BCUT2D eigenvalue weighted by Gasteiger charge is 2.37. The van der Waals surface area contributed by atoms with Gasteiger partial charge in [-0.25, -0.2) is 0 Å². The molecule has 20 heavy (non-hydrogen) atoms. The fourth-order valence-electron chi connectivity index (χ4n) is 3.15. The van der Waals surface area contributed by atoms with Gasteiger partial charge in [0, 0.05) is 17.5 Å². The maximum absolute atomic E-state index is 6.12. The Labute approximate surface area is 121 Å². The molecule has 2 aromatic carbocycles. The lowest BCUT2D eigenvalue weighted by atomic mass is 10.1. The molecule has 2 atom stereocenters. The second kappa shape index (κ2) is 5.78. The van der Waals surface area contributed by atoms with Crippen LogP contribution in [0.1, 0.15) is 23.8 Å². The largest absolute Gasteiger partial charge is 0.325 e. The van der Waals surface area contributed by atoms with Crippen LogP contribution >= 0.6 is 0 Å². The third-order valence-corrected chi connectivity index (χ3v) is 4.13. The van der Waals surface area contributed by atoms with E-state index in [1.54, 1.807) is 0 Å². The highest BCUT2D eigenvalue weighted by molar-refractivity contribution is 5.17. The van der Waals surface area contributed by atoms with Gasteiger partial charge in [0.2, 0.25) is 6.23 Å². The summed E-state index contributed by atoms with van der Waals surface area (Å²) in [6.07, 6.45) is 1.28. The van der Waals surface area contributed by atoms with Crippen molar-refractivity contribution in [2.45, 2.75) is 19.2 Å². The molecule has 0 aromatic heterocycles. The Morgan fingerprint density at radius 3 is 2.35 bits per heavy atom. The molecule has 1 fully saturated rings. The molecule has 2 unspecified atom stereocenters. The summed E-state index contributed by atoms with van der Waals surface area (Å²) in [4.78, 5) is 0. The molecule has 1 heterocycles. The van der Waals surface area contributed by atoms with Gasteiger partial charge in [-0.2, -0.15) is 0 Å². The SMILES string of the molecule is C[N+]1(Cc2ccccc2)CCCOC1c1ccccc1. The van der Waals surface area contributed by atoms with Crippen molar-refractivity contribution < 1.29 is 9.22 Å². The Balaban J connectivity index is 1.88. The molecule has 1 aliphatic heterocycles. The third-order valence-electron chi connectivity index (χ3n) is 4.13. The Bertz CT molecular complexity index is 540. The molecule has 0 aliphatic carbocycles. The van der Waals surface area contributed by atoms with E-state index < -0.39 is 0 Å². The second-order valence-electron chi connectivity index (χ2n) is 5.83. The van der Waals surface area contributed by atoms with Crippen molar-refractivity contribution in [3.63, 3.8) is 0 Å². The average molecular weight is 268 g/mol. The molecule has 0 amide bonds. The quantitative estimate of drug-likeness (QED) is 0.770. The predicted octanol–water partition coefficient (Wildman–Crippen LogP) is 3.75. The van der Waals surface area contributed by atoms with E-state index in [1.165, 1.54) is 11.1 Å². The molecular formula is C18H22NO+. The van der Waals surface area contributed by atoms with Crippen molar-refractivity contribution in [2.75, 3.05) is 20.2 Å². The maximum atomic E-state index is 6.12. The lowest BCUT2D eigenvalue weighted by Gasteiger charge is -2.44. The summed E-state index contributed by atoms with van der Waals surface area (Å²) in [5, 5.41) is 0. The Kier molecular flexibility index (Phi) is 3.86. The van der Waals surface area contributed by atoms with Crippen LogP contribution in [-0.4, -0.2) is 24.7 Å². The van der Waals surface area contributed by atoms with Crippen LogP contribution in [0.15, 0.2) is 60.7 Å². The van der Waals surface area contributed by atoms with Gasteiger partial charge in [-0.3, -0.25) is 4.48 Å². The number of benzene rings is 2. The van der Waals surface area contributed by atoms with Crippen LogP contribution in [0.25, 0.3) is 0 Å². The predicted molar refractivity (Wildman–Crippen MR) is 80.9 cm³/mol. The van der Waals surface area contributed by atoms with Gasteiger partial charge in [-0.05, 0) is 0 Å². The molecule has 2 nitrogen and oxygen atoms in total. The molecule has 1 saturated heterocycles. The zero-order valence-corrected chi connectivity index (χ0v) is 12.0. The summed E-state index contributed by atoms with van der Waals surface area (Å²) in [6.45, 7) is 3.04. The van der Waals surface area contributed by atoms with E-state index in [0.29, 0.717) is 0 Å². The van der Waals surface area contributed by atoms with Crippen molar-refractivity contribution in [1.29, 1.82) is 0 Å². The lowest BCUT2D eigenvalue weighted by molar-refractivity contribution is -0.981. The summed E-state index contributed by atoms with van der Waals surface area (Å²) in [7, 11) is 2.31. The van der Waals surface area contributed by atoms with Gasteiger partial charge in [0.25, 0.3) is 0 Å². The lowest BCUT2D eigenvalue weighted by Crippen LogP contribution is -2.51. The number of hydrogen-bond acceptors (Lipinski definition) is 1. The van der Waals surface area contributed by atoms with Crippen LogP contribution in [-0.2, 0) is 11.3 Å². The van der Waals surface area contributed by atoms with Crippen molar-refractivity contribution >= 4 is 0 Å². The van der Waals surface area contributed by atoms with E-state index in [9.17, 15) is 0 Å². The first-order chi connectivity index (χ1) is 9.78. The van der Waals surface area contributed by atoms with Crippen LogP contribution in [0.4, 0.5) is 0 Å². The topological polar surface area (TPSA) is 9.23 Å². The highest BCUT2D eigenvalue weighted by Crippen LogP contribution is 2.34. The molecule has 0 spiro atoms. The Morgan fingerprint density at radius 1 is 1.00 bits per heavy atom. The summed E-state index contributed by atoms with van der Waals surface area (Å²) in [6, 6.07) is 21.3. The molecule has 2 heteroatoms. The molecule has 0 bridgehead atoms. The monoisotopic (exact) mass is 268 g/mol. The fraction of sp³-hybridized carbons (Fsp3) is 0.333. The minimum absolute atomic E-state index is 0.144. The van der Waals surface area contributed by atoms with E-state index in [2.05, 4.69) is 67.7 Å². The Hall–Kier alpha value is -1.64. The van der Waals surface area contributed by atoms with Crippen molar-refractivity contribution in [3.8, 4) is 0 Å². The van der Waals surface area contributed by atoms with E-state index in [0.717, 1.165) is 30.6 Å². The number of nitrogens with zero attached hydrogens (tertiary/aromatic N) is 1. The maximum Gasteiger partial charge on any atom is 0.220 e. The van der Waals surface area contributed by atoms with Gasteiger partial charge >= 0.3 is 0 Å². The number of hydrogen-bond donors (Lipinski definition) is 0. The van der Waals surface area contributed by atoms with Gasteiger partial charge in [0.05, 0.1) is 20.2 Å². The summed E-state index contributed by atoms with van der Waals surface area (Å²) in [5.74, 6) is 0. The van der Waals surface area contributed by atoms with E-state index in [-0.39, 0.29) is 6.23 Å². The molecule has 2 aromatic rings. The van der Waals surface area contributed by atoms with Crippen LogP contribution < -0.4 is 0 Å². The smallest absolute Gasteiger partial charge is 0.220 e. The number of ether oxygens (including phenoxy) is 1. The minimum Gasteiger partial charge on any atom is -0.325 e. The zero-order chi connectivity index (χ0) is 13.8. The fourth-order valence-corrected chi connectivity index (χ4v) is 3.15. The minimum atomic E-state index is 0.144. The third kappa shape index (κ3) is 2.77. The molecule has 1 aliphatic rings. The van der Waals surface area contributed by atoms with Gasteiger partial charge in [-0.15, -0.1) is 0 Å². The average Bonchev–Trinajstić information content (AvgIpc) is 2.49. The zero-order valence-electron chi connectivity index (χ0n) is 12.0. The van der Waals surface area contributed by atoms with Crippen LogP contribution in [0, 0.1) is 0 Å². The van der Waals surface area contributed by atoms with E-state index in [1.807, 2.05) is 0 Å². The van der Waals surface area contributed by atoms with E-state index in [4.69, 9.17) is 4.74 Å². The van der Waals surface area contributed by atoms with E-state index >= 15 is 0 Å². The van der Waals surface area contributed by atoms with Gasteiger partial charge in [-0.1, -0.05) is 60.7 Å². The Morgan fingerprint density at radius 2 is 1.65 bits per heavy atom. The first-order valence-corrected chi connectivity index (χ1v) is 7.33. The molecule has 104 valence electrons. The van der Waals surface area contributed by atoms with Gasteiger partial charge < -0.3 is 4.74 Å². The standard InChI is InChI=1S/C18H22NO/c1-19(15-16-9-4-2-5-10-16)13-8-14-20-18(19)17-11-6-3-7-12-17/h2-7,9-12,18H,8,13-15H2,1H3/q+1. The number of rotatable bonds is 3. The first-order valence-electron chi connectivity index (χ1n) is 7.33. The molecule has 0 saturated carbocycles.